The minimum atomic E-state index is -0.949. The smallest absolute Gasteiger partial charge is 0.320 e. The number of carboxylic acids is 2. The molecule has 21 heavy (non-hydrogen) atoms. The summed E-state index contributed by atoms with van der Waals surface area (Å²) in [5.74, 6) is -1.90. The molecule has 0 aliphatic carbocycles. The largest absolute Gasteiger partial charge is 0.480 e. The average Bonchev–Trinajstić information content (AvgIpc) is 2.44. The van der Waals surface area contributed by atoms with E-state index in [9.17, 15) is 14.4 Å². The van der Waals surface area contributed by atoms with Crippen molar-refractivity contribution in [1.29, 1.82) is 0 Å². The summed E-state index contributed by atoms with van der Waals surface area (Å²) in [6, 6.07) is -1.68. The van der Waals surface area contributed by atoms with Crippen molar-refractivity contribution in [2.75, 3.05) is 19.3 Å². The molecule has 0 bridgehead atoms. The first kappa shape index (κ1) is 19.6. The number of carbonyl (C=O) groups excluding carboxylic acids is 1. The van der Waals surface area contributed by atoms with Crippen molar-refractivity contribution in [3.8, 4) is 0 Å². The van der Waals surface area contributed by atoms with E-state index in [1.807, 2.05) is 0 Å². The van der Waals surface area contributed by atoms with Gasteiger partial charge in [0.05, 0.1) is 6.04 Å². The zero-order valence-electron chi connectivity index (χ0n) is 12.6. The molecular weight excluding hydrogens is 277 g/mol. The SMILES string of the molecule is CC(C=O)NCB(CNC(C)C(=O)O)CNC(C)C(=O)O. The Hall–Kier alpha value is -1.45. The van der Waals surface area contributed by atoms with Crippen molar-refractivity contribution in [2.24, 2.45) is 0 Å². The molecule has 0 aromatic rings. The van der Waals surface area contributed by atoms with E-state index in [0.29, 0.717) is 19.3 Å². The Bertz CT molecular complexity index is 332. The van der Waals surface area contributed by atoms with Gasteiger partial charge in [0.2, 0.25) is 0 Å². The molecule has 0 saturated heterocycles. The second-order valence-electron chi connectivity index (χ2n) is 5.14. The molecule has 0 spiro atoms. The predicted octanol–water partition coefficient (Wildman–Crippen LogP) is -1.60. The second-order valence-corrected chi connectivity index (χ2v) is 5.14. The third kappa shape index (κ3) is 9.17. The summed E-state index contributed by atoms with van der Waals surface area (Å²) in [6.07, 6.45) is 2.03. The molecule has 0 aliphatic heterocycles. The van der Waals surface area contributed by atoms with Crippen molar-refractivity contribution < 1.29 is 24.6 Å². The number of hydrogen-bond acceptors (Lipinski definition) is 6. The summed E-state index contributed by atoms with van der Waals surface area (Å²) in [4.78, 5) is 32.1. The topological polar surface area (TPSA) is 128 Å². The summed E-state index contributed by atoms with van der Waals surface area (Å²) in [7, 11) is 0. The molecule has 3 unspecified atom stereocenters. The maximum absolute atomic E-state index is 10.8. The molecule has 8 nitrogen and oxygen atoms in total. The van der Waals surface area contributed by atoms with Gasteiger partial charge in [0.15, 0.2) is 6.71 Å². The van der Waals surface area contributed by atoms with E-state index >= 15 is 0 Å². The Morgan fingerprint density at radius 3 is 1.67 bits per heavy atom. The molecule has 0 aromatic carbocycles. The number of nitrogens with one attached hydrogen (secondary N) is 3. The highest BCUT2D eigenvalue weighted by Crippen LogP contribution is 1.88. The monoisotopic (exact) mass is 301 g/mol. The molecule has 0 fully saturated rings. The summed E-state index contributed by atoms with van der Waals surface area (Å²) in [6.45, 7) is 4.74. The van der Waals surface area contributed by atoms with Gasteiger partial charge in [0.25, 0.3) is 0 Å². The van der Waals surface area contributed by atoms with E-state index in [1.165, 1.54) is 13.8 Å². The molecule has 120 valence electrons. The zero-order valence-corrected chi connectivity index (χ0v) is 12.6. The number of rotatable bonds is 12. The van der Waals surface area contributed by atoms with Gasteiger partial charge in [-0.1, -0.05) is 0 Å². The van der Waals surface area contributed by atoms with Gasteiger partial charge in [-0.25, -0.2) is 0 Å². The Kier molecular flexibility index (Phi) is 9.60. The van der Waals surface area contributed by atoms with Crippen LogP contribution in [0.1, 0.15) is 20.8 Å². The number of carbonyl (C=O) groups is 3. The van der Waals surface area contributed by atoms with E-state index in [1.54, 1.807) is 6.92 Å². The first-order valence-electron chi connectivity index (χ1n) is 6.89. The predicted molar refractivity (Wildman–Crippen MR) is 79.5 cm³/mol. The van der Waals surface area contributed by atoms with Crippen LogP contribution in [0.3, 0.4) is 0 Å². The first-order valence-corrected chi connectivity index (χ1v) is 6.89. The van der Waals surface area contributed by atoms with E-state index in [2.05, 4.69) is 16.0 Å². The van der Waals surface area contributed by atoms with Gasteiger partial charge in [-0.3, -0.25) is 9.59 Å². The van der Waals surface area contributed by atoms with Crippen molar-refractivity contribution in [3.63, 3.8) is 0 Å². The molecular formula is C12H24BN3O5. The number of aliphatic carboxylic acids is 2. The van der Waals surface area contributed by atoms with Crippen LogP contribution in [-0.4, -0.2) is 72.6 Å². The van der Waals surface area contributed by atoms with Crippen molar-refractivity contribution >= 4 is 24.9 Å². The minimum Gasteiger partial charge on any atom is -0.480 e. The molecule has 5 N–H and O–H groups in total. The maximum atomic E-state index is 10.8. The van der Waals surface area contributed by atoms with E-state index in [4.69, 9.17) is 10.2 Å². The Morgan fingerprint density at radius 2 is 1.33 bits per heavy atom. The molecule has 0 saturated carbocycles. The fourth-order valence-electron chi connectivity index (χ4n) is 1.48. The first-order chi connectivity index (χ1) is 9.77. The lowest BCUT2D eigenvalue weighted by molar-refractivity contribution is -0.139. The molecule has 0 rings (SSSR count). The van der Waals surface area contributed by atoms with Gasteiger partial charge in [0, 0.05) is 0 Å². The van der Waals surface area contributed by atoms with E-state index in [-0.39, 0.29) is 12.8 Å². The summed E-state index contributed by atoms with van der Waals surface area (Å²) in [5, 5.41) is 26.4. The standard InChI is InChI=1S/C12H24BN3O5/c1-8(4-17)14-5-13(6-15-9(2)11(18)19)7-16-10(3)12(20)21/h4,8-10,14-16H,5-7H2,1-3H3,(H,18,19)(H,20,21). The maximum Gasteiger partial charge on any atom is 0.320 e. The van der Waals surface area contributed by atoms with Gasteiger partial charge in [-0.2, -0.15) is 0 Å². The lowest BCUT2D eigenvalue weighted by atomic mass is 9.49. The third-order valence-corrected chi connectivity index (χ3v) is 3.10. The number of hydrogen-bond donors (Lipinski definition) is 5. The highest BCUT2D eigenvalue weighted by molar-refractivity contribution is 6.59. The average molecular weight is 301 g/mol. The van der Waals surface area contributed by atoms with Crippen LogP contribution in [0.25, 0.3) is 0 Å². The van der Waals surface area contributed by atoms with Gasteiger partial charge in [-0.15, -0.1) is 0 Å². The van der Waals surface area contributed by atoms with E-state index < -0.39 is 24.0 Å². The van der Waals surface area contributed by atoms with Crippen molar-refractivity contribution in [3.05, 3.63) is 0 Å². The fraction of sp³-hybridized carbons (Fsp3) is 0.750. The van der Waals surface area contributed by atoms with Crippen LogP contribution in [-0.2, 0) is 14.4 Å². The molecule has 0 radical (unpaired) electrons. The Morgan fingerprint density at radius 1 is 0.952 bits per heavy atom. The van der Waals surface area contributed by atoms with Crippen LogP contribution >= 0.6 is 0 Å². The number of aldehydes is 1. The van der Waals surface area contributed by atoms with Gasteiger partial charge in [0.1, 0.15) is 18.4 Å². The van der Waals surface area contributed by atoms with Crippen LogP contribution in [0.2, 0.25) is 0 Å². The van der Waals surface area contributed by atoms with Gasteiger partial charge >= 0.3 is 11.9 Å². The normalized spacial score (nSPS) is 15.0. The molecule has 0 aromatic heterocycles. The van der Waals surface area contributed by atoms with Crippen LogP contribution in [0, 0.1) is 0 Å². The molecule has 0 aliphatic rings. The summed E-state index contributed by atoms with van der Waals surface area (Å²) < 4.78 is 0. The fourth-order valence-corrected chi connectivity index (χ4v) is 1.48. The lowest BCUT2D eigenvalue weighted by Crippen LogP contribution is -2.53. The van der Waals surface area contributed by atoms with Crippen LogP contribution in [0.15, 0.2) is 0 Å². The van der Waals surface area contributed by atoms with Crippen LogP contribution < -0.4 is 16.0 Å². The van der Waals surface area contributed by atoms with Gasteiger partial charge < -0.3 is 31.0 Å². The van der Waals surface area contributed by atoms with E-state index in [0.717, 1.165) is 6.29 Å². The quantitative estimate of drug-likeness (QED) is 0.215. The zero-order chi connectivity index (χ0) is 16.4. The number of carboxylic acid groups (broad SMARTS) is 2. The van der Waals surface area contributed by atoms with Crippen LogP contribution in [0.5, 0.6) is 0 Å². The lowest BCUT2D eigenvalue weighted by Gasteiger charge is -2.20. The Labute approximate surface area is 124 Å². The highest BCUT2D eigenvalue weighted by atomic mass is 16.4. The summed E-state index contributed by atoms with van der Waals surface area (Å²) in [5.41, 5.74) is 0. The van der Waals surface area contributed by atoms with Crippen LogP contribution in [0.4, 0.5) is 0 Å². The molecule has 3 atom stereocenters. The summed E-state index contributed by atoms with van der Waals surface area (Å²) >= 11 is 0. The molecule has 9 heteroatoms. The molecule has 0 heterocycles. The highest BCUT2D eigenvalue weighted by Gasteiger charge is 2.20. The molecule has 0 amide bonds. The second kappa shape index (κ2) is 10.3. The van der Waals surface area contributed by atoms with Gasteiger partial charge in [-0.05, 0) is 40.1 Å². The Balaban J connectivity index is 4.35. The van der Waals surface area contributed by atoms with Crippen molar-refractivity contribution in [1.82, 2.24) is 16.0 Å². The minimum absolute atomic E-state index is 0.0454. The van der Waals surface area contributed by atoms with Crippen molar-refractivity contribution in [2.45, 2.75) is 38.9 Å². The third-order valence-electron chi connectivity index (χ3n) is 3.10.